The first-order valence-corrected chi connectivity index (χ1v) is 10.0. The monoisotopic (exact) mass is 373 g/mol. The molecule has 3 aromatic rings. The van der Waals surface area contributed by atoms with Gasteiger partial charge in [0.2, 0.25) is 0 Å². The molecule has 1 N–H and O–H groups in total. The molecule has 0 unspecified atom stereocenters. The zero-order valence-electron chi connectivity index (χ0n) is 16.4. The summed E-state index contributed by atoms with van der Waals surface area (Å²) in [5.74, 6) is 0. The van der Waals surface area contributed by atoms with E-state index in [1.807, 2.05) is 19.1 Å². The fourth-order valence-electron chi connectivity index (χ4n) is 3.90. The van der Waals surface area contributed by atoms with Crippen molar-refractivity contribution in [3.8, 4) is 0 Å². The van der Waals surface area contributed by atoms with Gasteiger partial charge >= 0.3 is 0 Å². The van der Waals surface area contributed by atoms with Crippen molar-refractivity contribution in [3.63, 3.8) is 0 Å². The van der Waals surface area contributed by atoms with Gasteiger partial charge in [0.15, 0.2) is 0 Å². The molecule has 0 atom stereocenters. The SMILES string of the molecule is C=C(c1ccccc1)N1CCN(Cc2ccc3cc(CC)c(=O)[nH]c3c2)CC1. The van der Waals surface area contributed by atoms with Crippen molar-refractivity contribution < 1.29 is 0 Å². The van der Waals surface area contributed by atoms with Gasteiger partial charge in [-0.2, -0.15) is 0 Å². The average Bonchev–Trinajstić information content (AvgIpc) is 2.74. The maximum Gasteiger partial charge on any atom is 0.251 e. The normalized spacial score (nSPS) is 15.1. The topological polar surface area (TPSA) is 39.3 Å². The molecule has 4 nitrogen and oxygen atoms in total. The number of pyridine rings is 1. The molecular formula is C24H27N3O. The van der Waals surface area contributed by atoms with Crippen LogP contribution in [0, 0.1) is 0 Å². The van der Waals surface area contributed by atoms with Crippen LogP contribution in [0.4, 0.5) is 0 Å². The second-order valence-corrected chi connectivity index (χ2v) is 7.47. The number of aromatic amines is 1. The van der Waals surface area contributed by atoms with E-state index in [0.29, 0.717) is 0 Å². The van der Waals surface area contributed by atoms with Crippen LogP contribution >= 0.6 is 0 Å². The molecule has 0 spiro atoms. The largest absolute Gasteiger partial charge is 0.369 e. The lowest BCUT2D eigenvalue weighted by Crippen LogP contribution is -2.44. The van der Waals surface area contributed by atoms with Crippen LogP contribution < -0.4 is 5.56 Å². The molecule has 28 heavy (non-hydrogen) atoms. The minimum Gasteiger partial charge on any atom is -0.369 e. The first-order chi connectivity index (χ1) is 13.6. The molecule has 2 heterocycles. The lowest BCUT2D eigenvalue weighted by Gasteiger charge is -2.37. The van der Waals surface area contributed by atoms with Gasteiger partial charge in [0.05, 0.1) is 0 Å². The smallest absolute Gasteiger partial charge is 0.251 e. The summed E-state index contributed by atoms with van der Waals surface area (Å²) in [6.07, 6.45) is 0.756. The Morgan fingerprint density at radius 3 is 2.50 bits per heavy atom. The van der Waals surface area contributed by atoms with Crippen LogP contribution in [0.2, 0.25) is 0 Å². The Morgan fingerprint density at radius 1 is 1.04 bits per heavy atom. The Kier molecular flexibility index (Phi) is 5.31. The Labute approximate surface area is 166 Å². The van der Waals surface area contributed by atoms with Crippen molar-refractivity contribution in [2.75, 3.05) is 26.2 Å². The number of H-pyrrole nitrogens is 1. The molecule has 1 saturated heterocycles. The number of fused-ring (bicyclic) bond motifs is 1. The quantitative estimate of drug-likeness (QED) is 0.738. The summed E-state index contributed by atoms with van der Waals surface area (Å²) in [7, 11) is 0. The third kappa shape index (κ3) is 3.87. The highest BCUT2D eigenvalue weighted by Gasteiger charge is 2.18. The summed E-state index contributed by atoms with van der Waals surface area (Å²) in [6.45, 7) is 11.2. The van der Waals surface area contributed by atoms with Gasteiger partial charge in [0.1, 0.15) is 0 Å². The molecule has 1 aliphatic rings. The summed E-state index contributed by atoms with van der Waals surface area (Å²) in [5, 5.41) is 1.10. The molecular weight excluding hydrogens is 346 g/mol. The van der Waals surface area contributed by atoms with Crippen molar-refractivity contribution in [1.29, 1.82) is 0 Å². The standard InChI is InChI=1S/C24H27N3O/c1-3-20-16-22-10-9-19(15-23(22)25-24(20)28)17-26-11-13-27(14-12-26)18(2)21-7-5-4-6-8-21/h4-10,15-16H,2-3,11-14,17H2,1H3,(H,25,28). The predicted molar refractivity (Wildman–Crippen MR) is 116 cm³/mol. The highest BCUT2D eigenvalue weighted by Crippen LogP contribution is 2.20. The van der Waals surface area contributed by atoms with Gasteiger partial charge in [-0.15, -0.1) is 0 Å². The lowest BCUT2D eigenvalue weighted by molar-refractivity contribution is 0.169. The van der Waals surface area contributed by atoms with Crippen molar-refractivity contribution >= 4 is 16.6 Å². The van der Waals surface area contributed by atoms with E-state index in [2.05, 4.69) is 63.8 Å². The van der Waals surface area contributed by atoms with E-state index in [9.17, 15) is 4.79 Å². The Hall–Kier alpha value is -2.85. The molecule has 0 aliphatic carbocycles. The number of rotatable bonds is 5. The van der Waals surface area contributed by atoms with E-state index >= 15 is 0 Å². The number of benzene rings is 2. The van der Waals surface area contributed by atoms with E-state index in [1.54, 1.807) is 0 Å². The molecule has 4 rings (SSSR count). The van der Waals surface area contributed by atoms with Gasteiger partial charge in [0.25, 0.3) is 5.56 Å². The number of nitrogens with one attached hydrogen (secondary N) is 1. The molecule has 1 fully saturated rings. The lowest BCUT2D eigenvalue weighted by atomic mass is 10.1. The van der Waals surface area contributed by atoms with E-state index < -0.39 is 0 Å². The van der Waals surface area contributed by atoms with Gasteiger partial charge < -0.3 is 9.88 Å². The van der Waals surface area contributed by atoms with E-state index in [0.717, 1.165) is 61.3 Å². The Balaban J connectivity index is 1.41. The minimum absolute atomic E-state index is 0.0280. The molecule has 1 aliphatic heterocycles. The number of aromatic nitrogens is 1. The number of nitrogens with zero attached hydrogens (tertiary/aromatic N) is 2. The van der Waals surface area contributed by atoms with Crippen LogP contribution in [-0.4, -0.2) is 41.0 Å². The summed E-state index contributed by atoms with van der Waals surface area (Å²) in [4.78, 5) is 20.0. The van der Waals surface area contributed by atoms with Crippen LogP contribution in [0.5, 0.6) is 0 Å². The molecule has 0 radical (unpaired) electrons. The first-order valence-electron chi connectivity index (χ1n) is 10.0. The van der Waals surface area contributed by atoms with Crippen LogP contribution in [0.25, 0.3) is 16.6 Å². The van der Waals surface area contributed by atoms with Crippen LogP contribution in [0.1, 0.15) is 23.6 Å². The predicted octanol–water partition coefficient (Wildman–Crippen LogP) is 3.88. The second-order valence-electron chi connectivity index (χ2n) is 7.47. The first kappa shape index (κ1) is 18.5. The number of aryl methyl sites for hydroxylation is 1. The van der Waals surface area contributed by atoms with Gasteiger partial charge in [0, 0.05) is 49.5 Å². The molecule has 4 heteroatoms. The maximum atomic E-state index is 12.1. The average molecular weight is 374 g/mol. The summed E-state index contributed by atoms with van der Waals surface area (Å²) < 4.78 is 0. The third-order valence-corrected chi connectivity index (χ3v) is 5.64. The van der Waals surface area contributed by atoms with Gasteiger partial charge in [-0.25, -0.2) is 0 Å². The van der Waals surface area contributed by atoms with Crippen LogP contribution in [0.3, 0.4) is 0 Å². The Bertz CT molecular complexity index is 1030. The molecule has 144 valence electrons. The Morgan fingerprint density at radius 2 is 1.79 bits per heavy atom. The van der Waals surface area contributed by atoms with Crippen LogP contribution in [-0.2, 0) is 13.0 Å². The fourth-order valence-corrected chi connectivity index (χ4v) is 3.90. The van der Waals surface area contributed by atoms with E-state index in [1.165, 1.54) is 11.1 Å². The highest BCUT2D eigenvalue weighted by atomic mass is 16.1. The van der Waals surface area contributed by atoms with Crippen molar-refractivity contribution in [3.05, 3.63) is 88.2 Å². The molecule has 0 bridgehead atoms. The van der Waals surface area contributed by atoms with Crippen molar-refractivity contribution in [2.45, 2.75) is 19.9 Å². The van der Waals surface area contributed by atoms with Crippen molar-refractivity contribution in [1.82, 2.24) is 14.8 Å². The molecule has 1 aromatic heterocycles. The number of hydrogen-bond acceptors (Lipinski definition) is 3. The highest BCUT2D eigenvalue weighted by molar-refractivity contribution is 5.79. The number of hydrogen-bond donors (Lipinski definition) is 1. The van der Waals surface area contributed by atoms with E-state index in [4.69, 9.17) is 0 Å². The third-order valence-electron chi connectivity index (χ3n) is 5.64. The van der Waals surface area contributed by atoms with E-state index in [-0.39, 0.29) is 5.56 Å². The molecule has 0 amide bonds. The maximum absolute atomic E-state index is 12.1. The summed E-state index contributed by atoms with van der Waals surface area (Å²) in [6, 6.07) is 18.8. The molecule has 2 aromatic carbocycles. The van der Waals surface area contributed by atoms with Gasteiger partial charge in [-0.05, 0) is 35.1 Å². The zero-order chi connectivity index (χ0) is 19.5. The second kappa shape index (κ2) is 8.03. The zero-order valence-corrected chi connectivity index (χ0v) is 16.4. The van der Waals surface area contributed by atoms with Crippen molar-refractivity contribution in [2.24, 2.45) is 0 Å². The fraction of sp³-hybridized carbons (Fsp3) is 0.292. The van der Waals surface area contributed by atoms with Gasteiger partial charge in [-0.3, -0.25) is 9.69 Å². The minimum atomic E-state index is 0.0280. The summed E-state index contributed by atoms with van der Waals surface area (Å²) >= 11 is 0. The van der Waals surface area contributed by atoms with Crippen LogP contribution in [0.15, 0.2) is 66.0 Å². The number of piperazine rings is 1. The van der Waals surface area contributed by atoms with Gasteiger partial charge in [-0.1, -0.05) is 56.0 Å². The summed E-state index contributed by atoms with van der Waals surface area (Å²) in [5.41, 5.74) is 5.34. The molecule has 0 saturated carbocycles.